The van der Waals surface area contributed by atoms with Crippen LogP contribution in [-0.4, -0.2) is 17.6 Å². The number of carbonyl (C=O) groups excluding carboxylic acids is 1. The predicted octanol–water partition coefficient (Wildman–Crippen LogP) is 3.06. The van der Waals surface area contributed by atoms with Crippen molar-refractivity contribution in [2.45, 2.75) is 19.3 Å². The second-order valence-corrected chi connectivity index (χ2v) is 5.72. The number of benzene rings is 1. The summed E-state index contributed by atoms with van der Waals surface area (Å²) in [4.78, 5) is 17.4. The summed E-state index contributed by atoms with van der Waals surface area (Å²) in [7, 11) is 0. The van der Waals surface area contributed by atoms with E-state index in [-0.39, 0.29) is 12.6 Å². The van der Waals surface area contributed by atoms with Crippen molar-refractivity contribution >= 4 is 17.1 Å². The van der Waals surface area contributed by atoms with Crippen molar-refractivity contribution in [3.8, 4) is 22.1 Å². The topological polar surface area (TPSA) is 48.4 Å². The van der Waals surface area contributed by atoms with Crippen molar-refractivity contribution in [1.29, 1.82) is 0 Å². The number of nitrogens with zero attached hydrogens (tertiary/aromatic N) is 1. The molecule has 0 unspecified atom stereocenters. The first-order valence-electron chi connectivity index (χ1n) is 6.24. The van der Waals surface area contributed by atoms with Gasteiger partial charge < -0.3 is 9.47 Å². The lowest BCUT2D eigenvalue weighted by Gasteiger charge is -2.06. The second-order valence-electron chi connectivity index (χ2n) is 4.64. The number of hydrogen-bond donors (Lipinski definition) is 0. The highest BCUT2D eigenvalue weighted by atomic mass is 32.1. The minimum atomic E-state index is 0.171. The zero-order valence-electron chi connectivity index (χ0n) is 10.1. The van der Waals surface area contributed by atoms with Crippen LogP contribution in [0.2, 0.25) is 0 Å². The molecular formula is C14H11NO3S. The summed E-state index contributed by atoms with van der Waals surface area (Å²) in [5, 5.41) is 0.888. The minimum absolute atomic E-state index is 0.171. The van der Waals surface area contributed by atoms with Gasteiger partial charge in [0.15, 0.2) is 17.3 Å². The highest BCUT2D eigenvalue weighted by Gasteiger charge is 2.23. The van der Waals surface area contributed by atoms with E-state index < -0.39 is 0 Å². The standard InChI is InChI=1S/C14H11NO3S/c16-9-2-1-3-12-13(9)15-14(19-12)8-4-5-10-11(6-8)18-7-17-10/h4-6H,1-3,7H2. The van der Waals surface area contributed by atoms with Gasteiger partial charge in [-0.05, 0) is 31.0 Å². The SMILES string of the molecule is O=C1CCCc2sc(-c3ccc4c(c3)OCO4)nc21. The Morgan fingerprint density at radius 3 is 2.95 bits per heavy atom. The van der Waals surface area contributed by atoms with Gasteiger partial charge in [-0.25, -0.2) is 4.98 Å². The zero-order chi connectivity index (χ0) is 12.8. The molecule has 5 heteroatoms. The fourth-order valence-corrected chi connectivity index (χ4v) is 3.54. The Morgan fingerprint density at radius 2 is 2.05 bits per heavy atom. The van der Waals surface area contributed by atoms with Gasteiger partial charge in [-0.15, -0.1) is 11.3 Å². The second kappa shape index (κ2) is 4.06. The van der Waals surface area contributed by atoms with Crippen LogP contribution in [0.1, 0.15) is 28.2 Å². The van der Waals surface area contributed by atoms with Crippen LogP contribution in [0.4, 0.5) is 0 Å². The van der Waals surface area contributed by atoms with Crippen molar-refractivity contribution in [3.05, 3.63) is 28.8 Å². The summed E-state index contributed by atoms with van der Waals surface area (Å²) < 4.78 is 10.7. The summed E-state index contributed by atoms with van der Waals surface area (Å²) in [5.41, 5.74) is 1.65. The molecule has 4 nitrogen and oxygen atoms in total. The maximum atomic E-state index is 11.8. The smallest absolute Gasteiger partial charge is 0.231 e. The lowest BCUT2D eigenvalue weighted by molar-refractivity contribution is 0.0968. The van der Waals surface area contributed by atoms with Crippen LogP contribution < -0.4 is 9.47 Å². The van der Waals surface area contributed by atoms with Gasteiger partial charge in [0, 0.05) is 16.9 Å². The average Bonchev–Trinajstić information content (AvgIpc) is 3.04. The van der Waals surface area contributed by atoms with Gasteiger partial charge in [-0.1, -0.05) is 0 Å². The molecule has 0 amide bonds. The van der Waals surface area contributed by atoms with Crippen molar-refractivity contribution in [2.24, 2.45) is 0 Å². The molecule has 0 radical (unpaired) electrons. The monoisotopic (exact) mass is 273 g/mol. The first kappa shape index (κ1) is 11.0. The molecule has 0 saturated carbocycles. The fourth-order valence-electron chi connectivity index (χ4n) is 2.42. The molecule has 2 heterocycles. The van der Waals surface area contributed by atoms with Crippen LogP contribution in [0.5, 0.6) is 11.5 Å². The number of Topliss-reactive ketones (excluding diaryl/α,β-unsaturated/α-hetero) is 1. The predicted molar refractivity (Wildman–Crippen MR) is 70.9 cm³/mol. The normalized spacial score (nSPS) is 16.5. The number of ether oxygens (including phenoxy) is 2. The molecule has 1 aliphatic carbocycles. The number of carbonyl (C=O) groups is 1. The Hall–Kier alpha value is -1.88. The van der Waals surface area contributed by atoms with E-state index in [1.807, 2.05) is 18.2 Å². The van der Waals surface area contributed by atoms with Gasteiger partial charge >= 0.3 is 0 Å². The third-order valence-electron chi connectivity index (χ3n) is 3.39. The Bertz CT molecular complexity index is 677. The molecule has 96 valence electrons. The van der Waals surface area contributed by atoms with Crippen molar-refractivity contribution in [1.82, 2.24) is 4.98 Å². The molecule has 0 N–H and O–H groups in total. The first-order chi connectivity index (χ1) is 9.31. The summed E-state index contributed by atoms with van der Waals surface area (Å²) in [6, 6.07) is 5.78. The first-order valence-corrected chi connectivity index (χ1v) is 7.06. The number of ketones is 1. The molecule has 4 rings (SSSR count). The summed E-state index contributed by atoms with van der Waals surface area (Å²) in [5.74, 6) is 1.68. The van der Waals surface area contributed by atoms with Crippen molar-refractivity contribution in [2.75, 3.05) is 6.79 Å². The number of hydrogen-bond acceptors (Lipinski definition) is 5. The summed E-state index contributed by atoms with van der Waals surface area (Å²) >= 11 is 1.61. The molecule has 2 aliphatic rings. The molecule has 0 spiro atoms. The third kappa shape index (κ3) is 1.73. The Morgan fingerprint density at radius 1 is 1.16 bits per heavy atom. The van der Waals surface area contributed by atoms with Gasteiger partial charge in [-0.3, -0.25) is 4.79 Å². The van der Waals surface area contributed by atoms with E-state index in [1.54, 1.807) is 11.3 Å². The number of aromatic nitrogens is 1. The molecule has 1 aromatic heterocycles. The summed E-state index contributed by atoms with van der Waals surface area (Å²) in [6.07, 6.45) is 2.52. The maximum Gasteiger partial charge on any atom is 0.231 e. The third-order valence-corrected chi connectivity index (χ3v) is 4.55. The van der Waals surface area contributed by atoms with E-state index in [0.29, 0.717) is 12.1 Å². The molecular weight excluding hydrogens is 262 g/mol. The van der Waals surface area contributed by atoms with Crippen LogP contribution in [-0.2, 0) is 6.42 Å². The van der Waals surface area contributed by atoms with Gasteiger partial charge in [-0.2, -0.15) is 0 Å². The Balaban J connectivity index is 1.78. The largest absolute Gasteiger partial charge is 0.454 e. The van der Waals surface area contributed by atoms with E-state index in [4.69, 9.17) is 9.47 Å². The van der Waals surface area contributed by atoms with Gasteiger partial charge in [0.2, 0.25) is 6.79 Å². The molecule has 0 fully saturated rings. The molecule has 1 aliphatic heterocycles. The van der Waals surface area contributed by atoms with Crippen LogP contribution in [0, 0.1) is 0 Å². The van der Waals surface area contributed by atoms with Crippen LogP contribution in [0.3, 0.4) is 0 Å². The zero-order valence-corrected chi connectivity index (χ0v) is 11.0. The Labute approximate surface area is 114 Å². The van der Waals surface area contributed by atoms with Crippen molar-refractivity contribution in [3.63, 3.8) is 0 Å². The van der Waals surface area contributed by atoms with E-state index in [0.717, 1.165) is 39.8 Å². The van der Waals surface area contributed by atoms with E-state index in [1.165, 1.54) is 0 Å². The summed E-state index contributed by atoms with van der Waals surface area (Å²) in [6.45, 7) is 0.269. The minimum Gasteiger partial charge on any atom is -0.454 e. The van der Waals surface area contributed by atoms with Crippen LogP contribution in [0.25, 0.3) is 10.6 Å². The van der Waals surface area contributed by atoms with Crippen molar-refractivity contribution < 1.29 is 14.3 Å². The lowest BCUT2D eigenvalue weighted by atomic mass is 10.0. The lowest BCUT2D eigenvalue weighted by Crippen LogP contribution is -2.08. The number of aryl methyl sites for hydroxylation is 1. The van der Waals surface area contributed by atoms with E-state index in [9.17, 15) is 4.79 Å². The molecule has 19 heavy (non-hydrogen) atoms. The number of thiazole rings is 1. The average molecular weight is 273 g/mol. The number of rotatable bonds is 1. The van der Waals surface area contributed by atoms with E-state index >= 15 is 0 Å². The van der Waals surface area contributed by atoms with Gasteiger partial charge in [0.1, 0.15) is 10.7 Å². The van der Waals surface area contributed by atoms with E-state index in [2.05, 4.69) is 4.98 Å². The molecule has 0 atom stereocenters. The quantitative estimate of drug-likeness (QED) is 0.801. The highest BCUT2D eigenvalue weighted by molar-refractivity contribution is 7.15. The molecule has 0 saturated heterocycles. The van der Waals surface area contributed by atoms with Crippen LogP contribution >= 0.6 is 11.3 Å². The number of fused-ring (bicyclic) bond motifs is 2. The Kier molecular flexibility index (Phi) is 2.35. The van der Waals surface area contributed by atoms with Gasteiger partial charge in [0.25, 0.3) is 0 Å². The van der Waals surface area contributed by atoms with Gasteiger partial charge in [0.05, 0.1) is 0 Å². The fraction of sp³-hybridized carbons (Fsp3) is 0.286. The maximum absolute atomic E-state index is 11.8. The molecule has 2 aromatic rings. The van der Waals surface area contributed by atoms with Crippen LogP contribution in [0.15, 0.2) is 18.2 Å². The highest BCUT2D eigenvalue weighted by Crippen LogP contribution is 2.38. The molecule has 1 aromatic carbocycles. The molecule has 0 bridgehead atoms.